The monoisotopic (exact) mass is 362 g/mol. The maximum absolute atomic E-state index is 12.6. The summed E-state index contributed by atoms with van der Waals surface area (Å²) in [6.45, 7) is 5.08. The average molecular weight is 362 g/mol. The smallest absolute Gasteiger partial charge is 0.328 e. The van der Waals surface area contributed by atoms with E-state index in [1.165, 1.54) is 16.8 Å². The van der Waals surface area contributed by atoms with Crippen molar-refractivity contribution >= 4 is 11.8 Å². The molecule has 2 aliphatic rings. The van der Waals surface area contributed by atoms with Gasteiger partial charge in [-0.25, -0.2) is 4.79 Å². The van der Waals surface area contributed by atoms with Gasteiger partial charge in [0.15, 0.2) is 0 Å². The van der Waals surface area contributed by atoms with Gasteiger partial charge >= 0.3 is 5.69 Å². The molecular weight excluding hydrogens is 336 g/mol. The van der Waals surface area contributed by atoms with Crippen LogP contribution in [0.25, 0.3) is 0 Å². The second-order valence-electron chi connectivity index (χ2n) is 7.38. The number of rotatable bonds is 4. The van der Waals surface area contributed by atoms with E-state index in [-0.39, 0.29) is 30.2 Å². The summed E-state index contributed by atoms with van der Waals surface area (Å²) in [5, 5.41) is 0. The van der Waals surface area contributed by atoms with E-state index in [0.717, 1.165) is 32.4 Å². The quantitative estimate of drug-likeness (QED) is 0.826. The molecule has 1 unspecified atom stereocenters. The van der Waals surface area contributed by atoms with Gasteiger partial charge in [0.1, 0.15) is 0 Å². The van der Waals surface area contributed by atoms with Crippen LogP contribution in [0.4, 0.5) is 0 Å². The number of hydrogen-bond acceptors (Lipinski definition) is 4. The molecule has 26 heavy (non-hydrogen) atoms. The first-order valence-corrected chi connectivity index (χ1v) is 9.28. The van der Waals surface area contributed by atoms with Crippen LogP contribution >= 0.6 is 0 Å². The fourth-order valence-corrected chi connectivity index (χ4v) is 4.14. The molecule has 1 spiro atoms. The summed E-state index contributed by atoms with van der Waals surface area (Å²) in [7, 11) is 0. The third kappa shape index (κ3) is 3.89. The molecule has 3 rings (SSSR count). The number of likely N-dealkylation sites (tertiary alicyclic amines) is 2. The largest absolute Gasteiger partial charge is 0.342 e. The summed E-state index contributed by atoms with van der Waals surface area (Å²) in [5.74, 6) is 0.223. The van der Waals surface area contributed by atoms with Crippen molar-refractivity contribution in [1.82, 2.24) is 19.4 Å². The van der Waals surface area contributed by atoms with Crippen molar-refractivity contribution in [2.75, 3.05) is 26.2 Å². The van der Waals surface area contributed by atoms with E-state index in [4.69, 9.17) is 0 Å². The van der Waals surface area contributed by atoms with Crippen molar-refractivity contribution in [3.05, 3.63) is 33.1 Å². The van der Waals surface area contributed by atoms with E-state index < -0.39 is 11.2 Å². The molecule has 1 atom stereocenters. The molecule has 2 aliphatic heterocycles. The molecule has 2 amide bonds. The zero-order valence-corrected chi connectivity index (χ0v) is 15.2. The van der Waals surface area contributed by atoms with Crippen molar-refractivity contribution in [3.63, 3.8) is 0 Å². The summed E-state index contributed by atoms with van der Waals surface area (Å²) < 4.78 is 1.34. The second kappa shape index (κ2) is 7.47. The summed E-state index contributed by atoms with van der Waals surface area (Å²) in [6.07, 6.45) is 5.01. The normalized spacial score (nSPS) is 23.5. The van der Waals surface area contributed by atoms with Crippen molar-refractivity contribution in [2.24, 2.45) is 5.41 Å². The first kappa shape index (κ1) is 18.4. The topological polar surface area (TPSA) is 95.5 Å². The van der Waals surface area contributed by atoms with Crippen LogP contribution in [0.5, 0.6) is 0 Å². The minimum Gasteiger partial charge on any atom is -0.342 e. The van der Waals surface area contributed by atoms with Crippen LogP contribution in [0, 0.1) is 5.41 Å². The Balaban J connectivity index is 1.62. The average Bonchev–Trinajstić information content (AvgIpc) is 2.63. The molecule has 2 saturated heterocycles. The minimum atomic E-state index is -0.496. The molecule has 1 aromatic rings. The molecule has 8 nitrogen and oxygen atoms in total. The number of aryl methyl sites for hydroxylation is 1. The highest BCUT2D eigenvalue weighted by atomic mass is 16.2. The Morgan fingerprint density at radius 2 is 2.04 bits per heavy atom. The Bertz CT molecular complexity index is 799. The maximum Gasteiger partial charge on any atom is 0.328 e. The van der Waals surface area contributed by atoms with Gasteiger partial charge in [-0.05, 0) is 26.2 Å². The van der Waals surface area contributed by atoms with E-state index in [0.29, 0.717) is 19.5 Å². The number of carbonyl (C=O) groups is 2. The molecular formula is C18H26N4O4. The Morgan fingerprint density at radius 3 is 2.77 bits per heavy atom. The highest BCUT2D eigenvalue weighted by Gasteiger charge is 2.42. The third-order valence-corrected chi connectivity index (χ3v) is 5.61. The molecule has 0 bridgehead atoms. The van der Waals surface area contributed by atoms with Crippen LogP contribution in [-0.4, -0.2) is 57.3 Å². The number of aromatic amines is 1. The van der Waals surface area contributed by atoms with Gasteiger partial charge in [-0.3, -0.25) is 19.4 Å². The van der Waals surface area contributed by atoms with Gasteiger partial charge in [0.05, 0.1) is 0 Å². The molecule has 3 heterocycles. The molecule has 1 aromatic heterocycles. The maximum atomic E-state index is 12.6. The molecule has 0 aromatic carbocycles. The van der Waals surface area contributed by atoms with Crippen molar-refractivity contribution < 1.29 is 9.59 Å². The first-order valence-electron chi connectivity index (χ1n) is 9.28. The van der Waals surface area contributed by atoms with Crippen LogP contribution in [-0.2, 0) is 16.1 Å². The van der Waals surface area contributed by atoms with Crippen LogP contribution in [0.15, 0.2) is 21.9 Å². The molecule has 0 aliphatic carbocycles. The van der Waals surface area contributed by atoms with E-state index in [2.05, 4.69) is 4.98 Å². The van der Waals surface area contributed by atoms with E-state index >= 15 is 0 Å². The highest BCUT2D eigenvalue weighted by molar-refractivity contribution is 5.78. The van der Waals surface area contributed by atoms with Gasteiger partial charge in [0.25, 0.3) is 5.56 Å². The van der Waals surface area contributed by atoms with Crippen molar-refractivity contribution in [3.8, 4) is 0 Å². The Hall–Kier alpha value is -2.38. The lowest BCUT2D eigenvalue weighted by atomic mass is 9.73. The zero-order valence-electron chi connectivity index (χ0n) is 15.2. The lowest BCUT2D eigenvalue weighted by Crippen LogP contribution is -2.55. The van der Waals surface area contributed by atoms with Gasteiger partial charge in [-0.15, -0.1) is 0 Å². The number of nitrogens with zero attached hydrogens (tertiary/aromatic N) is 3. The van der Waals surface area contributed by atoms with E-state index in [1.54, 1.807) is 0 Å². The third-order valence-electron chi connectivity index (χ3n) is 5.61. The number of piperidine rings is 2. The van der Waals surface area contributed by atoms with Gasteiger partial charge in [0.2, 0.25) is 11.8 Å². The fraction of sp³-hybridized carbons (Fsp3) is 0.667. The van der Waals surface area contributed by atoms with E-state index in [9.17, 15) is 19.2 Å². The van der Waals surface area contributed by atoms with Gasteiger partial charge in [0, 0.05) is 63.2 Å². The highest BCUT2D eigenvalue weighted by Crippen LogP contribution is 2.38. The summed E-state index contributed by atoms with van der Waals surface area (Å²) in [6, 6.07) is 1.28. The van der Waals surface area contributed by atoms with Crippen LogP contribution in [0.2, 0.25) is 0 Å². The number of hydrogen-bond donors (Lipinski definition) is 1. The van der Waals surface area contributed by atoms with Crippen molar-refractivity contribution in [1.29, 1.82) is 0 Å². The molecule has 8 heteroatoms. The summed E-state index contributed by atoms with van der Waals surface area (Å²) >= 11 is 0. The van der Waals surface area contributed by atoms with Crippen LogP contribution < -0.4 is 11.2 Å². The lowest BCUT2D eigenvalue weighted by molar-refractivity contribution is -0.142. The molecule has 142 valence electrons. The van der Waals surface area contributed by atoms with Gasteiger partial charge < -0.3 is 14.4 Å². The standard InChI is InChI=1S/C18H26N4O4/c1-2-20-12-18(8-4-15(20)24)7-3-9-22(13-18)16(25)6-11-21-10-5-14(23)19-17(21)26/h5,10H,2-4,6-9,11-13H2,1H3,(H,19,23,26). The predicted octanol–water partition coefficient (Wildman–Crippen LogP) is 0.178. The Labute approximate surface area is 151 Å². The SMILES string of the molecule is CCN1CC2(CCCN(C(=O)CCn3ccc(=O)[nH]c3=O)C2)CCC1=O. The minimum absolute atomic E-state index is 0.00660. The molecule has 0 radical (unpaired) electrons. The Morgan fingerprint density at radius 1 is 1.23 bits per heavy atom. The number of nitrogens with one attached hydrogen (secondary N) is 1. The molecule has 2 fully saturated rings. The number of H-pyrrole nitrogens is 1. The van der Waals surface area contributed by atoms with E-state index in [1.807, 2.05) is 16.7 Å². The predicted molar refractivity (Wildman–Crippen MR) is 95.7 cm³/mol. The molecule has 1 N–H and O–H groups in total. The van der Waals surface area contributed by atoms with Crippen LogP contribution in [0.3, 0.4) is 0 Å². The lowest BCUT2D eigenvalue weighted by Gasteiger charge is -2.48. The van der Waals surface area contributed by atoms with Gasteiger partial charge in [-0.1, -0.05) is 0 Å². The number of carbonyl (C=O) groups excluding carboxylic acids is 2. The summed E-state index contributed by atoms with van der Waals surface area (Å²) in [4.78, 5) is 53.4. The second-order valence-corrected chi connectivity index (χ2v) is 7.38. The molecule has 0 saturated carbocycles. The van der Waals surface area contributed by atoms with Crippen molar-refractivity contribution in [2.45, 2.75) is 45.6 Å². The number of amides is 2. The first-order chi connectivity index (χ1) is 12.4. The van der Waals surface area contributed by atoms with Gasteiger partial charge in [-0.2, -0.15) is 0 Å². The zero-order chi connectivity index (χ0) is 18.7. The van der Waals surface area contributed by atoms with Crippen LogP contribution in [0.1, 0.15) is 39.0 Å². The summed E-state index contributed by atoms with van der Waals surface area (Å²) in [5.41, 5.74) is -0.931. The fourth-order valence-electron chi connectivity index (χ4n) is 4.14. The Kier molecular flexibility index (Phi) is 5.29. The number of aromatic nitrogens is 2.